The van der Waals surface area contributed by atoms with Gasteiger partial charge < -0.3 is 9.80 Å². The van der Waals surface area contributed by atoms with Gasteiger partial charge in [0.2, 0.25) is 5.91 Å². The van der Waals surface area contributed by atoms with Crippen molar-refractivity contribution in [3.8, 4) is 0 Å². The molecule has 0 N–H and O–H groups in total. The van der Waals surface area contributed by atoms with Crippen LogP contribution in [0.15, 0.2) is 16.8 Å². The molecule has 2 aliphatic heterocycles. The molecule has 144 valence electrons. The van der Waals surface area contributed by atoms with Crippen molar-refractivity contribution >= 4 is 39.3 Å². The Bertz CT molecular complexity index is 610. The summed E-state index contributed by atoms with van der Waals surface area (Å²) in [5.74, 6) is 2.94. The van der Waals surface area contributed by atoms with E-state index in [1.54, 1.807) is 5.57 Å². The van der Waals surface area contributed by atoms with E-state index >= 15 is 0 Å². The van der Waals surface area contributed by atoms with Gasteiger partial charge in [0.15, 0.2) is 0 Å². The van der Waals surface area contributed by atoms with Gasteiger partial charge in [0.1, 0.15) is 5.84 Å². The molecule has 1 saturated heterocycles. The van der Waals surface area contributed by atoms with E-state index in [2.05, 4.69) is 38.9 Å². The summed E-state index contributed by atoms with van der Waals surface area (Å²) in [6, 6.07) is 0. The molecule has 2 saturated carbocycles. The molecule has 26 heavy (non-hydrogen) atoms. The van der Waals surface area contributed by atoms with Crippen molar-refractivity contribution in [2.75, 3.05) is 26.2 Å². The van der Waals surface area contributed by atoms with Gasteiger partial charge in [0.05, 0.1) is 5.92 Å². The maximum atomic E-state index is 12.9. The van der Waals surface area contributed by atoms with Crippen LogP contribution in [-0.4, -0.2) is 57.9 Å². The second-order valence-corrected chi connectivity index (χ2v) is 10.2. The van der Waals surface area contributed by atoms with Crippen LogP contribution in [0.5, 0.6) is 0 Å². The predicted molar refractivity (Wildman–Crippen MR) is 110 cm³/mol. The number of aliphatic imine (C=N–C) groups is 1. The first kappa shape index (κ1) is 18.8. The number of amidine groups is 1. The normalized spacial score (nSPS) is 35.8. The fraction of sp³-hybridized carbons (Fsp3) is 0.800. The van der Waals surface area contributed by atoms with Crippen LogP contribution >= 0.6 is 27.5 Å². The molecule has 4 aliphatic rings. The third-order valence-electron chi connectivity index (χ3n) is 6.39. The van der Waals surface area contributed by atoms with E-state index in [0.717, 1.165) is 57.8 Å². The number of carbonyl (C=O) groups excluding carboxylic acids is 1. The van der Waals surface area contributed by atoms with Crippen LogP contribution in [0.4, 0.5) is 0 Å². The third-order valence-corrected chi connectivity index (χ3v) is 7.80. The minimum atomic E-state index is 0.0894. The van der Waals surface area contributed by atoms with Gasteiger partial charge in [-0.15, -0.1) is 11.6 Å². The lowest BCUT2D eigenvalue weighted by molar-refractivity contribution is -0.137. The van der Waals surface area contributed by atoms with Crippen molar-refractivity contribution in [2.45, 2.75) is 55.7 Å². The number of hydrogen-bond acceptors (Lipinski definition) is 3. The first-order valence-electron chi connectivity index (χ1n) is 10.1. The van der Waals surface area contributed by atoms with Gasteiger partial charge in [0.25, 0.3) is 0 Å². The van der Waals surface area contributed by atoms with E-state index in [9.17, 15) is 4.79 Å². The van der Waals surface area contributed by atoms with Crippen LogP contribution in [0.25, 0.3) is 0 Å². The lowest BCUT2D eigenvalue weighted by Crippen LogP contribution is -2.54. The molecule has 4 unspecified atom stereocenters. The van der Waals surface area contributed by atoms with E-state index < -0.39 is 0 Å². The Labute approximate surface area is 170 Å². The van der Waals surface area contributed by atoms with Gasteiger partial charge in [-0.3, -0.25) is 4.79 Å². The number of rotatable bonds is 2. The van der Waals surface area contributed by atoms with Gasteiger partial charge in [-0.25, -0.2) is 4.99 Å². The molecule has 6 heteroatoms. The summed E-state index contributed by atoms with van der Waals surface area (Å²) in [6.45, 7) is 5.72. The summed E-state index contributed by atoms with van der Waals surface area (Å²) >= 11 is 9.94. The zero-order chi connectivity index (χ0) is 18.3. The lowest BCUT2D eigenvalue weighted by atomic mass is 9.87. The number of allylic oxidation sites excluding steroid dienone is 1. The van der Waals surface area contributed by atoms with Crippen LogP contribution in [0.2, 0.25) is 0 Å². The Kier molecular flexibility index (Phi) is 5.66. The molecule has 0 aromatic rings. The molecule has 4 atom stereocenters. The van der Waals surface area contributed by atoms with E-state index in [-0.39, 0.29) is 16.1 Å². The third kappa shape index (κ3) is 3.99. The zero-order valence-electron chi connectivity index (χ0n) is 15.5. The summed E-state index contributed by atoms with van der Waals surface area (Å²) in [5.41, 5.74) is 1.55. The first-order chi connectivity index (χ1) is 12.5. The zero-order valence-corrected chi connectivity index (χ0v) is 17.9. The van der Waals surface area contributed by atoms with Crippen LogP contribution in [0, 0.1) is 17.8 Å². The molecule has 0 spiro atoms. The maximum absolute atomic E-state index is 12.9. The average molecular weight is 443 g/mol. The number of hydrogen-bond donors (Lipinski definition) is 0. The van der Waals surface area contributed by atoms with Gasteiger partial charge >= 0.3 is 0 Å². The largest absolute Gasteiger partial charge is 0.356 e. The van der Waals surface area contributed by atoms with Crippen LogP contribution < -0.4 is 0 Å². The van der Waals surface area contributed by atoms with Crippen LogP contribution in [-0.2, 0) is 4.79 Å². The molecule has 2 heterocycles. The van der Waals surface area contributed by atoms with Gasteiger partial charge in [0, 0.05) is 48.5 Å². The molecule has 0 aromatic heterocycles. The number of carbonyl (C=O) groups is 1. The van der Waals surface area contributed by atoms with E-state index in [1.165, 1.54) is 18.7 Å². The highest BCUT2D eigenvalue weighted by Crippen LogP contribution is 2.41. The van der Waals surface area contributed by atoms with E-state index in [4.69, 9.17) is 16.6 Å². The van der Waals surface area contributed by atoms with Crippen LogP contribution in [0.1, 0.15) is 45.4 Å². The number of halogens is 2. The molecular weight excluding hydrogens is 414 g/mol. The van der Waals surface area contributed by atoms with Gasteiger partial charge in [-0.05, 0) is 50.0 Å². The highest BCUT2D eigenvalue weighted by Gasteiger charge is 2.37. The standard InChI is InChI=1S/C20H29BrClN3O/c1-13-10-15(14-2-3-14)12-23-19(13)24-6-8-25(9-7-24)20(26)17-5-4-16(22)11-18(17)21/h12-14,16-18H,2-11H2,1H3. The molecular formula is C20H29BrClN3O. The summed E-state index contributed by atoms with van der Waals surface area (Å²) in [7, 11) is 0. The number of alkyl halides is 2. The van der Waals surface area contributed by atoms with E-state index in [0.29, 0.717) is 11.8 Å². The Morgan fingerprint density at radius 1 is 1.19 bits per heavy atom. The number of nitrogens with zero attached hydrogens (tertiary/aromatic N) is 3. The molecule has 3 fully saturated rings. The Balaban J connectivity index is 1.33. The first-order valence-corrected chi connectivity index (χ1v) is 11.5. The highest BCUT2D eigenvalue weighted by molar-refractivity contribution is 9.09. The molecule has 0 radical (unpaired) electrons. The highest BCUT2D eigenvalue weighted by atomic mass is 79.9. The molecule has 2 aliphatic carbocycles. The van der Waals surface area contributed by atoms with Gasteiger partial charge in [-0.1, -0.05) is 22.9 Å². The lowest BCUT2D eigenvalue weighted by Gasteiger charge is -2.41. The van der Waals surface area contributed by atoms with Crippen molar-refractivity contribution in [3.05, 3.63) is 11.8 Å². The van der Waals surface area contributed by atoms with Crippen molar-refractivity contribution in [3.63, 3.8) is 0 Å². The Morgan fingerprint density at radius 3 is 2.54 bits per heavy atom. The fourth-order valence-corrected chi connectivity index (χ4v) is 6.10. The van der Waals surface area contributed by atoms with E-state index in [1.807, 2.05) is 0 Å². The second-order valence-electron chi connectivity index (χ2n) is 8.42. The topological polar surface area (TPSA) is 35.9 Å². The summed E-state index contributed by atoms with van der Waals surface area (Å²) in [5, 5.41) is 0.208. The van der Waals surface area contributed by atoms with Gasteiger partial charge in [-0.2, -0.15) is 0 Å². The maximum Gasteiger partial charge on any atom is 0.226 e. The molecule has 0 bridgehead atoms. The minimum absolute atomic E-state index is 0.0894. The van der Waals surface area contributed by atoms with Crippen molar-refractivity contribution in [1.82, 2.24) is 9.80 Å². The van der Waals surface area contributed by atoms with Crippen molar-refractivity contribution < 1.29 is 4.79 Å². The van der Waals surface area contributed by atoms with Crippen LogP contribution in [0.3, 0.4) is 0 Å². The monoisotopic (exact) mass is 441 g/mol. The second kappa shape index (κ2) is 7.83. The average Bonchev–Trinajstić information content (AvgIpc) is 3.46. The summed E-state index contributed by atoms with van der Waals surface area (Å²) in [6.07, 6.45) is 8.74. The number of amides is 1. The molecule has 4 rings (SSSR count). The molecule has 0 aromatic carbocycles. The quantitative estimate of drug-likeness (QED) is 0.605. The van der Waals surface area contributed by atoms with Crippen molar-refractivity contribution in [2.24, 2.45) is 22.7 Å². The Morgan fingerprint density at radius 2 is 1.92 bits per heavy atom. The Hall–Kier alpha value is -0.550. The fourth-order valence-electron chi connectivity index (χ4n) is 4.63. The summed E-state index contributed by atoms with van der Waals surface area (Å²) in [4.78, 5) is 22.4. The molecule has 1 amide bonds. The minimum Gasteiger partial charge on any atom is -0.356 e. The number of piperazine rings is 1. The van der Waals surface area contributed by atoms with Crippen molar-refractivity contribution in [1.29, 1.82) is 0 Å². The molecule has 4 nitrogen and oxygen atoms in total. The predicted octanol–water partition coefficient (Wildman–Crippen LogP) is 4.03. The SMILES string of the molecule is CC1CC(C2CC2)=CN=C1N1CCN(C(=O)C2CCC(Cl)CC2Br)CC1. The smallest absolute Gasteiger partial charge is 0.226 e. The summed E-state index contributed by atoms with van der Waals surface area (Å²) < 4.78 is 0.